The monoisotopic (exact) mass is 301 g/mol. The maximum Gasteiger partial charge on any atom is 0.389 e. The molecule has 0 aliphatic carbocycles. The number of hydrogen-bond donors (Lipinski definition) is 1. The van der Waals surface area contributed by atoms with E-state index in [1.807, 2.05) is 13.8 Å². The van der Waals surface area contributed by atoms with E-state index in [0.29, 0.717) is 11.5 Å². The largest absolute Gasteiger partial charge is 0.389 e. The van der Waals surface area contributed by atoms with Crippen LogP contribution in [0.5, 0.6) is 0 Å². The van der Waals surface area contributed by atoms with Crippen LogP contribution in [0.2, 0.25) is 0 Å². The number of alkyl halides is 3. The van der Waals surface area contributed by atoms with Crippen molar-refractivity contribution in [1.82, 2.24) is 19.6 Å². The van der Waals surface area contributed by atoms with Crippen molar-refractivity contribution in [2.24, 2.45) is 5.92 Å². The molecule has 21 heavy (non-hydrogen) atoms. The standard InChI is InChI=1S/C13H18F3N5/c1-8(2)11-19-20-12-10(17-4-5-21(11)12)18-7-9(3)6-13(14,15)16/h4-5,8-9H,6-7H2,1-3H3,(H,17,18). The molecule has 0 aliphatic heterocycles. The van der Waals surface area contributed by atoms with Crippen LogP contribution in [0, 0.1) is 5.92 Å². The van der Waals surface area contributed by atoms with Crippen molar-refractivity contribution < 1.29 is 13.2 Å². The van der Waals surface area contributed by atoms with Gasteiger partial charge < -0.3 is 5.32 Å². The number of rotatable bonds is 5. The Morgan fingerprint density at radius 2 is 1.95 bits per heavy atom. The number of fused-ring (bicyclic) bond motifs is 1. The zero-order valence-corrected chi connectivity index (χ0v) is 12.1. The number of nitrogens with one attached hydrogen (secondary N) is 1. The fourth-order valence-corrected chi connectivity index (χ4v) is 2.10. The number of hydrogen-bond acceptors (Lipinski definition) is 4. The highest BCUT2D eigenvalue weighted by molar-refractivity contribution is 5.62. The summed E-state index contributed by atoms with van der Waals surface area (Å²) in [6.07, 6.45) is -1.65. The molecular weight excluding hydrogens is 283 g/mol. The minimum atomic E-state index is -4.15. The summed E-state index contributed by atoms with van der Waals surface area (Å²) in [7, 11) is 0. The normalized spacial score (nSPS) is 13.9. The van der Waals surface area contributed by atoms with Gasteiger partial charge in [0.05, 0.1) is 0 Å². The third kappa shape index (κ3) is 3.83. The Balaban J connectivity index is 2.12. The summed E-state index contributed by atoms with van der Waals surface area (Å²) in [6.45, 7) is 5.71. The predicted octanol–water partition coefficient (Wildman–Crippen LogP) is 3.25. The third-order valence-electron chi connectivity index (χ3n) is 3.07. The molecule has 5 nitrogen and oxygen atoms in total. The summed E-state index contributed by atoms with van der Waals surface area (Å²) < 4.78 is 38.7. The quantitative estimate of drug-likeness (QED) is 0.921. The number of nitrogens with zero attached hydrogens (tertiary/aromatic N) is 4. The third-order valence-corrected chi connectivity index (χ3v) is 3.07. The molecular formula is C13H18F3N5. The summed E-state index contributed by atoms with van der Waals surface area (Å²) in [5.74, 6) is 0.892. The average Bonchev–Trinajstić information content (AvgIpc) is 2.78. The summed E-state index contributed by atoms with van der Waals surface area (Å²) >= 11 is 0. The molecule has 8 heteroatoms. The molecule has 0 spiro atoms. The van der Waals surface area contributed by atoms with Crippen molar-refractivity contribution in [3.05, 3.63) is 18.2 Å². The lowest BCUT2D eigenvalue weighted by atomic mass is 10.1. The van der Waals surface area contributed by atoms with Gasteiger partial charge in [0.15, 0.2) is 5.82 Å². The molecule has 0 saturated heterocycles. The molecule has 0 saturated carbocycles. The second-order valence-corrected chi connectivity index (χ2v) is 5.49. The van der Waals surface area contributed by atoms with Crippen molar-refractivity contribution in [3.63, 3.8) is 0 Å². The lowest BCUT2D eigenvalue weighted by Gasteiger charge is -2.15. The minimum absolute atomic E-state index is 0.177. The first kappa shape index (κ1) is 15.5. The Hall–Kier alpha value is -1.86. The zero-order chi connectivity index (χ0) is 15.6. The summed E-state index contributed by atoms with van der Waals surface area (Å²) in [5, 5.41) is 11.1. The van der Waals surface area contributed by atoms with E-state index in [-0.39, 0.29) is 12.5 Å². The smallest absolute Gasteiger partial charge is 0.367 e. The van der Waals surface area contributed by atoms with Crippen LogP contribution in [-0.2, 0) is 0 Å². The van der Waals surface area contributed by atoms with Crippen LogP contribution < -0.4 is 5.32 Å². The van der Waals surface area contributed by atoms with Gasteiger partial charge in [-0.1, -0.05) is 20.8 Å². The zero-order valence-electron chi connectivity index (χ0n) is 12.1. The van der Waals surface area contributed by atoms with Crippen LogP contribution in [0.3, 0.4) is 0 Å². The first-order valence-corrected chi connectivity index (χ1v) is 6.78. The van der Waals surface area contributed by atoms with Gasteiger partial charge in [0, 0.05) is 31.3 Å². The van der Waals surface area contributed by atoms with Crippen molar-refractivity contribution >= 4 is 11.5 Å². The first-order valence-electron chi connectivity index (χ1n) is 6.78. The number of aromatic nitrogens is 4. The van der Waals surface area contributed by atoms with E-state index < -0.39 is 18.5 Å². The molecule has 1 atom stereocenters. The molecule has 1 unspecified atom stereocenters. The van der Waals surface area contributed by atoms with Crippen molar-refractivity contribution in [2.45, 2.75) is 39.3 Å². The Labute approximate surface area is 120 Å². The molecule has 2 heterocycles. The van der Waals surface area contributed by atoms with E-state index in [9.17, 15) is 13.2 Å². The predicted molar refractivity (Wildman–Crippen MR) is 73.2 cm³/mol. The average molecular weight is 301 g/mol. The van der Waals surface area contributed by atoms with Crippen molar-refractivity contribution in [1.29, 1.82) is 0 Å². The molecule has 2 aromatic heterocycles. The van der Waals surface area contributed by atoms with Crippen LogP contribution in [0.25, 0.3) is 5.65 Å². The van der Waals surface area contributed by atoms with E-state index in [4.69, 9.17) is 0 Å². The van der Waals surface area contributed by atoms with Gasteiger partial charge in [-0.2, -0.15) is 13.2 Å². The van der Waals surface area contributed by atoms with Crippen LogP contribution in [0.15, 0.2) is 12.4 Å². The maximum atomic E-state index is 12.3. The molecule has 116 valence electrons. The fraction of sp³-hybridized carbons (Fsp3) is 0.615. The lowest BCUT2D eigenvalue weighted by Crippen LogP contribution is -2.20. The van der Waals surface area contributed by atoms with E-state index in [0.717, 1.165) is 5.82 Å². The minimum Gasteiger partial charge on any atom is -0.367 e. The topological polar surface area (TPSA) is 55.1 Å². The first-order chi connectivity index (χ1) is 9.78. The van der Waals surface area contributed by atoms with Gasteiger partial charge in [0.2, 0.25) is 5.65 Å². The van der Waals surface area contributed by atoms with Crippen LogP contribution >= 0.6 is 0 Å². The highest BCUT2D eigenvalue weighted by Gasteiger charge is 2.29. The van der Waals surface area contributed by atoms with Gasteiger partial charge in [0.25, 0.3) is 0 Å². The number of halogens is 3. The summed E-state index contributed by atoms with van der Waals surface area (Å²) in [6, 6.07) is 0. The van der Waals surface area contributed by atoms with Gasteiger partial charge in [-0.15, -0.1) is 10.2 Å². The molecule has 1 N–H and O–H groups in total. The van der Waals surface area contributed by atoms with E-state index in [1.54, 1.807) is 23.7 Å². The summed E-state index contributed by atoms with van der Waals surface area (Å²) in [4.78, 5) is 4.13. The molecule has 0 fully saturated rings. The molecule has 2 aromatic rings. The molecule has 2 rings (SSSR count). The highest BCUT2D eigenvalue weighted by atomic mass is 19.4. The SMILES string of the molecule is CC(CNc1nccn2c(C(C)C)nnc12)CC(F)(F)F. The van der Waals surface area contributed by atoms with Gasteiger partial charge >= 0.3 is 6.18 Å². The lowest BCUT2D eigenvalue weighted by molar-refractivity contribution is -0.142. The number of anilines is 1. The summed E-state index contributed by atoms with van der Waals surface area (Å²) in [5.41, 5.74) is 0.528. The maximum absolute atomic E-state index is 12.3. The molecule has 0 bridgehead atoms. The van der Waals surface area contributed by atoms with Gasteiger partial charge in [-0.05, 0) is 5.92 Å². The van der Waals surface area contributed by atoms with Crippen molar-refractivity contribution in [2.75, 3.05) is 11.9 Å². The Morgan fingerprint density at radius 1 is 1.24 bits per heavy atom. The molecule has 0 aromatic carbocycles. The molecule has 0 amide bonds. The Bertz CT molecular complexity index is 605. The van der Waals surface area contributed by atoms with Crippen LogP contribution in [0.4, 0.5) is 19.0 Å². The molecule has 0 aliphatic rings. The van der Waals surface area contributed by atoms with E-state index in [2.05, 4.69) is 20.5 Å². The molecule has 0 radical (unpaired) electrons. The highest BCUT2D eigenvalue weighted by Crippen LogP contribution is 2.25. The second kappa shape index (κ2) is 5.87. The second-order valence-electron chi connectivity index (χ2n) is 5.49. The van der Waals surface area contributed by atoms with Crippen molar-refractivity contribution in [3.8, 4) is 0 Å². The van der Waals surface area contributed by atoms with Gasteiger partial charge in [-0.3, -0.25) is 4.40 Å². The van der Waals surface area contributed by atoms with Gasteiger partial charge in [-0.25, -0.2) is 4.98 Å². The van der Waals surface area contributed by atoms with Gasteiger partial charge in [0.1, 0.15) is 5.82 Å². The van der Waals surface area contributed by atoms with E-state index in [1.165, 1.54) is 0 Å². The van der Waals surface area contributed by atoms with Crippen LogP contribution in [-0.4, -0.2) is 32.3 Å². The fourth-order valence-electron chi connectivity index (χ4n) is 2.10. The van der Waals surface area contributed by atoms with Crippen LogP contribution in [0.1, 0.15) is 38.9 Å². The Kier molecular flexibility index (Phi) is 4.34. The Morgan fingerprint density at radius 3 is 2.57 bits per heavy atom. The van der Waals surface area contributed by atoms with E-state index >= 15 is 0 Å².